The Hall–Kier alpha value is -17.0. The molecule has 0 heterocycles. The zero-order chi connectivity index (χ0) is 87.6. The first kappa shape index (κ1) is 91.6. The molecule has 0 aliphatic heterocycles. The summed E-state index contributed by atoms with van der Waals surface area (Å²) in [5.74, 6) is 6.13. The molecule has 0 fully saturated rings. The van der Waals surface area contributed by atoms with Crippen LogP contribution in [0.5, 0.6) is 46.0 Å². The summed E-state index contributed by atoms with van der Waals surface area (Å²) in [6.45, 7) is 15.5. The number of aryl methyl sites for hydroxylation is 4. The molecule has 0 saturated heterocycles. The van der Waals surface area contributed by atoms with Gasteiger partial charge in [-0.3, -0.25) is 10.1 Å². The summed E-state index contributed by atoms with van der Waals surface area (Å²) in [6, 6.07) is 119. The van der Waals surface area contributed by atoms with Gasteiger partial charge >= 0.3 is 0 Å². The minimum Gasteiger partial charge on any atom is -0.497 e. The molecule has 0 amide bonds. The maximum absolute atomic E-state index is 10.5. The van der Waals surface area contributed by atoms with E-state index in [9.17, 15) is 10.1 Å². The van der Waals surface area contributed by atoms with Crippen LogP contribution in [0, 0.1) is 117 Å². The number of rotatable bonds is 24. The first-order valence-electron chi connectivity index (χ1n) is 38.6. The number of hydrogen-bond donors (Lipinski definition) is 0. The van der Waals surface area contributed by atoms with Gasteiger partial charge in [-0.25, -0.2) is 0 Å². The Labute approximate surface area is 718 Å². The second-order valence-corrected chi connectivity index (χ2v) is 27.1. The van der Waals surface area contributed by atoms with E-state index < -0.39 is 4.92 Å². The van der Waals surface area contributed by atoms with Crippen LogP contribution in [0.2, 0.25) is 0 Å². The van der Waals surface area contributed by atoms with Crippen molar-refractivity contribution in [1.29, 1.82) is 36.8 Å². The summed E-state index contributed by atoms with van der Waals surface area (Å²) in [5.41, 5.74) is 18.1. The standard InChI is InChI=1S/C16H13NO.C15H13NO2.4C15H13NO.C14H10N2O3/c1-2-13-3-5-15(6-4-13)12-18-16-9-7-14(11-17)8-10-16;1-17-14-6-4-13(5-7-14)11-18-15-8-2-12(10-16)3-9-15;4*1-12-2-4-14(5-3-12)11-17-15-8-6-13(10-16)7-9-15;15-9-11-3-7-14(8-4-11)19-10-12-1-5-13(6-2-12)16(17)18/h2-10H,1,12H2;2-9H,11H2,1H3;4*2-9H,11H2,1H3;1-8H,10H2. The van der Waals surface area contributed by atoms with Gasteiger partial charge in [0.05, 0.1) is 93.5 Å². The van der Waals surface area contributed by atoms with Gasteiger partial charge in [0.1, 0.15) is 92.2 Å². The third kappa shape index (κ3) is 34.4. The fourth-order valence-electron chi connectivity index (χ4n) is 10.5. The van der Waals surface area contributed by atoms with Crippen LogP contribution >= 0.6 is 0 Å². The van der Waals surface area contributed by atoms with Crippen molar-refractivity contribution in [2.24, 2.45) is 0 Å². The van der Waals surface area contributed by atoms with E-state index in [1.807, 2.05) is 109 Å². The summed E-state index contributed by atoms with van der Waals surface area (Å²) < 4.78 is 44.3. The van der Waals surface area contributed by atoms with Gasteiger partial charge < -0.3 is 37.9 Å². The van der Waals surface area contributed by atoms with Crippen molar-refractivity contribution in [3.05, 3.63) is 462 Å². The van der Waals surface area contributed by atoms with Gasteiger partial charge in [0.15, 0.2) is 0 Å². The quantitative estimate of drug-likeness (QED) is 0.0401. The highest BCUT2D eigenvalue weighted by Crippen LogP contribution is 2.23. The number of hydrogen-bond acceptors (Lipinski definition) is 17. The van der Waals surface area contributed by atoms with Crippen LogP contribution < -0.4 is 37.9 Å². The van der Waals surface area contributed by atoms with Crippen molar-refractivity contribution < 1.29 is 42.8 Å². The molecule has 18 heteroatoms. The molecule has 14 rings (SSSR count). The summed E-state index contributed by atoms with van der Waals surface area (Å²) in [6.07, 6.45) is 1.81. The van der Waals surface area contributed by atoms with Crippen molar-refractivity contribution >= 4 is 11.8 Å². The molecular weight excluding hydrogens is 1530 g/mol. The van der Waals surface area contributed by atoms with Gasteiger partial charge in [0, 0.05) is 12.1 Å². The zero-order valence-corrected chi connectivity index (χ0v) is 68.7. The Morgan fingerprint density at radius 3 is 0.561 bits per heavy atom. The Morgan fingerprint density at radius 1 is 0.252 bits per heavy atom. The number of nitriles is 7. The predicted octanol–water partition coefficient (Wildman–Crippen LogP) is 23.8. The lowest BCUT2D eigenvalue weighted by Gasteiger charge is -2.07. The van der Waals surface area contributed by atoms with Crippen molar-refractivity contribution in [3.63, 3.8) is 0 Å². The molecule has 0 aliphatic rings. The maximum Gasteiger partial charge on any atom is 0.269 e. The zero-order valence-electron chi connectivity index (χ0n) is 68.7. The third-order valence-electron chi connectivity index (χ3n) is 17.7. The summed E-state index contributed by atoms with van der Waals surface area (Å²) in [7, 11) is 1.64. The molecule has 123 heavy (non-hydrogen) atoms. The molecule has 0 atom stereocenters. The molecule has 0 aromatic heterocycles. The molecule has 0 N–H and O–H groups in total. The molecule has 0 radical (unpaired) electrons. The Balaban J connectivity index is 0.000000178. The summed E-state index contributed by atoms with van der Waals surface area (Å²) in [5, 5.41) is 71.2. The minimum atomic E-state index is -0.439. The van der Waals surface area contributed by atoms with E-state index in [-0.39, 0.29) is 5.69 Å². The third-order valence-corrected chi connectivity index (χ3v) is 17.7. The predicted molar refractivity (Wildman–Crippen MR) is 476 cm³/mol. The van der Waals surface area contributed by atoms with Crippen molar-refractivity contribution in [1.82, 2.24) is 0 Å². The largest absolute Gasteiger partial charge is 0.497 e. The molecule has 18 nitrogen and oxygen atoms in total. The highest BCUT2D eigenvalue weighted by molar-refractivity contribution is 5.48. The lowest BCUT2D eigenvalue weighted by molar-refractivity contribution is -0.384. The second-order valence-electron chi connectivity index (χ2n) is 27.1. The monoisotopic (exact) mass is 1620 g/mol. The number of nitrogens with zero attached hydrogens (tertiary/aromatic N) is 8. The Morgan fingerprint density at radius 2 is 0.407 bits per heavy atom. The first-order chi connectivity index (χ1) is 59.9. The lowest BCUT2D eigenvalue weighted by atomic mass is 10.1. The molecule has 0 spiro atoms. The molecule has 14 aromatic rings. The molecule has 0 aliphatic carbocycles. The maximum atomic E-state index is 10.5. The van der Waals surface area contributed by atoms with Crippen LogP contribution in [0.25, 0.3) is 6.08 Å². The van der Waals surface area contributed by atoms with Gasteiger partial charge in [0.25, 0.3) is 5.69 Å². The highest BCUT2D eigenvalue weighted by atomic mass is 16.6. The molecule has 608 valence electrons. The topological polar surface area (TPSA) is 284 Å². The SMILES string of the molecule is C=Cc1ccc(COc2ccc(C#N)cc2)cc1.COc1ccc(COc2ccc(C#N)cc2)cc1.Cc1ccc(COc2ccc(C#N)cc2)cc1.Cc1ccc(COc2ccc(C#N)cc2)cc1.Cc1ccc(COc2ccc(C#N)cc2)cc1.Cc1ccc(COc2ccc(C#N)cc2)cc1.N#Cc1ccc(OCc2ccc([N+](=O)[O-])cc2)cc1. The number of ether oxygens (including phenoxy) is 8. The van der Waals surface area contributed by atoms with E-state index in [1.165, 1.54) is 34.4 Å². The lowest BCUT2D eigenvalue weighted by Crippen LogP contribution is -1.96. The average Bonchev–Trinajstić information content (AvgIpc) is 0.933. The molecule has 0 unspecified atom stereocenters. The average molecular weight is 1620 g/mol. The number of methoxy groups -OCH3 is 1. The van der Waals surface area contributed by atoms with E-state index in [0.717, 1.165) is 84.8 Å². The van der Waals surface area contributed by atoms with Crippen LogP contribution in [-0.4, -0.2) is 12.0 Å². The van der Waals surface area contributed by atoms with Crippen molar-refractivity contribution in [2.75, 3.05) is 7.11 Å². The van der Waals surface area contributed by atoms with Crippen LogP contribution in [0.1, 0.15) is 106 Å². The van der Waals surface area contributed by atoms with Gasteiger partial charge in [-0.1, -0.05) is 168 Å². The summed E-state index contributed by atoms with van der Waals surface area (Å²) >= 11 is 0. The van der Waals surface area contributed by atoms with Crippen molar-refractivity contribution in [3.8, 4) is 88.5 Å². The molecule has 14 aromatic carbocycles. The Kier molecular flexibility index (Phi) is 38.1. The molecule has 0 saturated carbocycles. The number of nitro groups is 1. The highest BCUT2D eigenvalue weighted by Gasteiger charge is 2.07. The van der Waals surface area contributed by atoms with E-state index in [2.05, 4.69) is 168 Å². The van der Waals surface area contributed by atoms with E-state index in [4.69, 9.17) is 74.7 Å². The fourth-order valence-corrected chi connectivity index (χ4v) is 10.5. The van der Waals surface area contributed by atoms with Crippen LogP contribution in [0.15, 0.2) is 346 Å². The van der Waals surface area contributed by atoms with Crippen LogP contribution in [0.3, 0.4) is 0 Å². The number of benzene rings is 14. The van der Waals surface area contributed by atoms with Gasteiger partial charge in [-0.2, -0.15) is 36.8 Å². The number of non-ortho nitro benzene ring substituents is 1. The minimum absolute atomic E-state index is 0.0575. The van der Waals surface area contributed by atoms with Crippen LogP contribution in [-0.2, 0) is 46.2 Å². The molecular formula is C105H88N8O10. The number of nitro benzene ring substituents is 1. The summed E-state index contributed by atoms with van der Waals surface area (Å²) in [4.78, 5) is 10.1. The Bertz CT molecular complexity index is 5460. The normalized spacial score (nSPS) is 9.61. The molecule has 0 bridgehead atoms. The van der Waals surface area contributed by atoms with Gasteiger partial charge in [-0.15, -0.1) is 0 Å². The van der Waals surface area contributed by atoms with Crippen LogP contribution in [0.4, 0.5) is 5.69 Å². The van der Waals surface area contributed by atoms with E-state index in [1.54, 1.807) is 141 Å². The fraction of sp³-hybridized carbons (Fsp3) is 0.114. The van der Waals surface area contributed by atoms with E-state index in [0.29, 0.717) is 90.9 Å². The van der Waals surface area contributed by atoms with Crippen molar-refractivity contribution in [2.45, 2.75) is 73.9 Å². The second kappa shape index (κ2) is 51.2. The van der Waals surface area contributed by atoms with Gasteiger partial charge in [0.2, 0.25) is 0 Å². The first-order valence-corrected chi connectivity index (χ1v) is 38.6. The van der Waals surface area contributed by atoms with E-state index >= 15 is 0 Å². The van der Waals surface area contributed by atoms with Gasteiger partial charge in [-0.05, 0) is 266 Å². The smallest absolute Gasteiger partial charge is 0.269 e.